The van der Waals surface area contributed by atoms with Crippen molar-refractivity contribution in [3.63, 3.8) is 0 Å². The van der Waals surface area contributed by atoms with E-state index in [-0.39, 0.29) is 5.56 Å². The molecule has 9 heteroatoms. The van der Waals surface area contributed by atoms with E-state index in [2.05, 4.69) is 4.90 Å². The van der Waals surface area contributed by atoms with Gasteiger partial charge in [0.15, 0.2) is 23.3 Å². The summed E-state index contributed by atoms with van der Waals surface area (Å²) in [7, 11) is 3.73. The van der Waals surface area contributed by atoms with Gasteiger partial charge in [-0.25, -0.2) is 26.9 Å². The highest BCUT2D eigenvalue weighted by Crippen LogP contribution is 2.50. The molecule has 214 valence electrons. The van der Waals surface area contributed by atoms with E-state index in [1.807, 2.05) is 36.9 Å². The highest BCUT2D eigenvalue weighted by Gasteiger charge is 2.36. The average Bonchev–Trinajstić information content (AvgIpc) is 3.19. The number of hydrogen-bond donors (Lipinski definition) is 1. The molecule has 0 saturated heterocycles. The Morgan fingerprint density at radius 2 is 1.55 bits per heavy atom. The summed E-state index contributed by atoms with van der Waals surface area (Å²) < 4.78 is 69.3. The summed E-state index contributed by atoms with van der Waals surface area (Å²) in [4.78, 5) is 14.8. The summed E-state index contributed by atoms with van der Waals surface area (Å²) >= 11 is 0. The molecule has 4 aliphatic rings. The van der Waals surface area contributed by atoms with Gasteiger partial charge in [0.1, 0.15) is 31.0 Å². The minimum Gasteiger partial charge on any atom is -0.478 e. The molecule has 42 heavy (non-hydrogen) atoms. The van der Waals surface area contributed by atoms with E-state index in [4.69, 9.17) is 4.42 Å². The molecule has 5 nitrogen and oxygen atoms in total. The van der Waals surface area contributed by atoms with Crippen molar-refractivity contribution in [2.75, 3.05) is 32.1 Å². The first-order valence-electron chi connectivity index (χ1n) is 14.0. The van der Waals surface area contributed by atoms with E-state index in [1.54, 1.807) is 18.2 Å². The van der Waals surface area contributed by atoms with Crippen LogP contribution in [-0.4, -0.2) is 38.3 Å². The van der Waals surface area contributed by atoms with Crippen molar-refractivity contribution in [2.45, 2.75) is 32.1 Å². The molecule has 0 unspecified atom stereocenters. The van der Waals surface area contributed by atoms with Crippen LogP contribution in [0.3, 0.4) is 0 Å². The fraction of sp³-hybridized carbons (Fsp3) is 0.273. The van der Waals surface area contributed by atoms with E-state index in [9.17, 15) is 18.7 Å². The normalized spacial score (nSPS) is 14.9. The number of hydrogen-bond acceptors (Lipinski definition) is 3. The number of fused-ring (bicyclic) bond motifs is 5. The fourth-order valence-electron chi connectivity index (χ4n) is 6.90. The number of carbonyl (C=O) groups is 1. The molecule has 0 radical (unpaired) electrons. The van der Waals surface area contributed by atoms with Crippen LogP contribution in [0.15, 0.2) is 40.8 Å². The maximum atomic E-state index is 16.0. The van der Waals surface area contributed by atoms with Crippen molar-refractivity contribution in [2.24, 2.45) is 0 Å². The van der Waals surface area contributed by atoms with E-state index in [1.165, 1.54) is 0 Å². The van der Waals surface area contributed by atoms with Crippen molar-refractivity contribution in [3.05, 3.63) is 81.7 Å². The Balaban J connectivity index is 1.81. The Kier molecular flexibility index (Phi) is 6.04. The summed E-state index contributed by atoms with van der Waals surface area (Å²) in [5, 5.41) is 12.5. The second-order valence-corrected chi connectivity index (χ2v) is 11.3. The van der Waals surface area contributed by atoms with Crippen LogP contribution in [-0.2, 0) is 12.8 Å². The quantitative estimate of drug-likeness (QED) is 0.0633. The van der Waals surface area contributed by atoms with Crippen LogP contribution in [0.25, 0.3) is 44.2 Å². The smallest absolute Gasteiger partial charge is 0.339 e. The molecule has 3 aromatic carbocycles. The van der Waals surface area contributed by atoms with Crippen molar-refractivity contribution in [3.8, 4) is 22.5 Å². The standard InChI is InChI=1S/C33H26F4N2O3/c1-38(2)21-15-22-23(18-10-4-3-9-17(18)21)24(25-26(33(40)41)28(35)30(37)29(36)27(25)34)20-14-16-8-5-6-12-39-13-7-11-19(31(16)39)32(20)42-22/h3-4,9-10,14-15H,5-8,11-13H2,1-2H3/p+1. The lowest BCUT2D eigenvalue weighted by molar-refractivity contribution is 0.0690. The van der Waals surface area contributed by atoms with E-state index in [0.717, 1.165) is 66.3 Å². The van der Waals surface area contributed by atoms with Crippen molar-refractivity contribution < 1.29 is 31.9 Å². The van der Waals surface area contributed by atoms with Gasteiger partial charge in [-0.3, -0.25) is 0 Å². The van der Waals surface area contributed by atoms with Crippen LogP contribution in [0.1, 0.15) is 40.7 Å². The molecular formula is C33H27F4N2O3+. The Bertz CT molecular complexity index is 2030. The minimum atomic E-state index is -2.16. The highest BCUT2D eigenvalue weighted by atomic mass is 19.2. The largest absolute Gasteiger partial charge is 0.478 e. The number of nitrogens with zero attached hydrogens (tertiary/aromatic N) is 2. The van der Waals surface area contributed by atoms with Gasteiger partial charge in [-0.1, -0.05) is 18.2 Å². The van der Waals surface area contributed by atoms with Crippen LogP contribution >= 0.6 is 0 Å². The lowest BCUT2D eigenvalue weighted by atomic mass is 9.84. The van der Waals surface area contributed by atoms with Crippen molar-refractivity contribution in [1.29, 1.82) is 0 Å². The number of aryl methyl sites for hydroxylation is 2. The molecule has 7 rings (SSSR count). The topological polar surface area (TPSA) is 56.7 Å². The zero-order chi connectivity index (χ0) is 29.4. The lowest BCUT2D eigenvalue weighted by Gasteiger charge is -2.33. The molecule has 0 aromatic heterocycles. The Hall–Kier alpha value is -4.40. The van der Waals surface area contributed by atoms with Crippen LogP contribution in [0.5, 0.6) is 0 Å². The third-order valence-electron chi connectivity index (χ3n) is 8.65. The van der Waals surface area contributed by atoms with Crippen LogP contribution in [0.2, 0.25) is 0 Å². The molecule has 0 atom stereocenters. The maximum Gasteiger partial charge on any atom is 0.339 e. The summed E-state index contributed by atoms with van der Waals surface area (Å²) in [6.45, 7) is 1.76. The molecule has 3 heterocycles. The molecule has 0 fully saturated rings. The number of aromatic carboxylic acids is 1. The summed E-state index contributed by atoms with van der Waals surface area (Å²) in [6.07, 6.45) is 4.15. The summed E-state index contributed by atoms with van der Waals surface area (Å²) in [6, 6.07) is 10.9. The predicted octanol–water partition coefficient (Wildman–Crippen LogP) is 6.73. The second kappa shape index (κ2) is 9.58. The molecule has 1 aliphatic carbocycles. The lowest BCUT2D eigenvalue weighted by Crippen LogP contribution is -2.30. The van der Waals surface area contributed by atoms with Gasteiger partial charge in [-0.05, 0) is 55.2 Å². The molecule has 0 bridgehead atoms. The Morgan fingerprint density at radius 1 is 0.833 bits per heavy atom. The minimum absolute atomic E-state index is 0.0270. The molecule has 3 aliphatic heterocycles. The average molecular weight is 576 g/mol. The molecule has 1 N–H and O–H groups in total. The first kappa shape index (κ1) is 26.5. The number of carboxylic acid groups (broad SMARTS) is 1. The van der Waals surface area contributed by atoms with E-state index >= 15 is 8.78 Å². The Morgan fingerprint density at radius 3 is 2.29 bits per heavy atom. The van der Waals surface area contributed by atoms with Gasteiger partial charge in [0.05, 0.1) is 11.5 Å². The van der Waals surface area contributed by atoms with E-state index < -0.39 is 40.4 Å². The molecule has 0 amide bonds. The van der Waals surface area contributed by atoms with Gasteiger partial charge in [-0.2, -0.15) is 0 Å². The monoisotopic (exact) mass is 575 g/mol. The number of benzene rings is 4. The maximum absolute atomic E-state index is 16.0. The van der Waals surface area contributed by atoms with Crippen molar-refractivity contribution in [1.82, 2.24) is 4.58 Å². The zero-order valence-electron chi connectivity index (χ0n) is 23.1. The van der Waals surface area contributed by atoms with E-state index in [0.29, 0.717) is 34.1 Å². The number of anilines is 1. The first-order valence-corrected chi connectivity index (χ1v) is 14.0. The fourth-order valence-corrected chi connectivity index (χ4v) is 6.90. The highest BCUT2D eigenvalue weighted by molar-refractivity contribution is 6.14. The third kappa shape index (κ3) is 3.68. The number of rotatable bonds is 2. The molecule has 0 spiro atoms. The third-order valence-corrected chi connectivity index (χ3v) is 8.65. The summed E-state index contributed by atoms with van der Waals surface area (Å²) in [5.41, 5.74) is 1.53. The van der Waals surface area contributed by atoms with Gasteiger partial charge < -0.3 is 14.4 Å². The second-order valence-electron chi connectivity index (χ2n) is 11.3. The molecular weight excluding hydrogens is 548 g/mol. The zero-order valence-corrected chi connectivity index (χ0v) is 23.1. The van der Waals surface area contributed by atoms with Gasteiger partial charge >= 0.3 is 5.97 Å². The van der Waals surface area contributed by atoms with Crippen LogP contribution in [0.4, 0.5) is 23.2 Å². The summed E-state index contributed by atoms with van der Waals surface area (Å²) in [5.74, 6) is -9.55. The van der Waals surface area contributed by atoms with Crippen molar-refractivity contribution >= 4 is 33.4 Å². The number of carboxylic acids is 1. The van der Waals surface area contributed by atoms with Crippen LogP contribution in [0, 0.1) is 23.3 Å². The van der Waals surface area contributed by atoms with Gasteiger partial charge in [0.2, 0.25) is 5.36 Å². The van der Waals surface area contributed by atoms with Crippen LogP contribution < -0.4 is 14.8 Å². The van der Waals surface area contributed by atoms with Gasteiger partial charge in [0, 0.05) is 46.4 Å². The molecule has 3 aromatic rings. The SMILES string of the molecule is C[N+](C)=c1cc2oc3c4c5c(cc3c(-c3c(F)c(F)c(F)c(F)c3C(=O)O)c-2c2ccccc12)CCCCN5CCC4. The Labute approximate surface area is 238 Å². The van der Waals surface area contributed by atoms with Gasteiger partial charge in [0.25, 0.3) is 0 Å². The predicted molar refractivity (Wildman–Crippen MR) is 153 cm³/mol. The van der Waals surface area contributed by atoms with Gasteiger partial charge in [-0.15, -0.1) is 0 Å². The first-order chi connectivity index (χ1) is 20.2. The number of halogens is 4. The molecule has 0 saturated carbocycles.